The molecule has 0 aliphatic carbocycles. The van der Waals surface area contributed by atoms with Gasteiger partial charge in [-0.2, -0.15) is 4.31 Å². The summed E-state index contributed by atoms with van der Waals surface area (Å²) in [5.74, 6) is -0.276. The first-order valence-electron chi connectivity index (χ1n) is 7.26. The Morgan fingerprint density at radius 2 is 1.52 bits per heavy atom. The van der Waals surface area contributed by atoms with Crippen molar-refractivity contribution >= 4 is 15.8 Å². The Kier molecular flexibility index (Phi) is 6.10. The largest absolute Gasteiger partial charge is 0.294 e. The second-order valence-corrected chi connectivity index (χ2v) is 7.87. The van der Waals surface area contributed by atoms with Gasteiger partial charge in [0.25, 0.3) is 0 Å². The summed E-state index contributed by atoms with van der Waals surface area (Å²) in [7, 11) is -3.42. The number of nitrogens with zero attached hydrogens (tertiary/aromatic N) is 1. The molecule has 0 aliphatic rings. The third-order valence-corrected chi connectivity index (χ3v) is 5.51. The molecule has 0 N–H and O–H groups in total. The fourth-order valence-electron chi connectivity index (χ4n) is 2.45. The van der Waals surface area contributed by atoms with E-state index in [2.05, 4.69) is 0 Å². The lowest BCUT2D eigenvalue weighted by Gasteiger charge is -2.29. The zero-order valence-electron chi connectivity index (χ0n) is 13.5. The van der Waals surface area contributed by atoms with E-state index in [9.17, 15) is 13.2 Å². The van der Waals surface area contributed by atoms with Crippen LogP contribution < -0.4 is 0 Å². The van der Waals surface area contributed by atoms with Gasteiger partial charge in [-0.25, -0.2) is 8.42 Å². The van der Waals surface area contributed by atoms with Crippen LogP contribution in [0.5, 0.6) is 0 Å². The average Bonchev–Trinajstić information content (AvgIpc) is 2.35. The van der Waals surface area contributed by atoms with Crippen LogP contribution in [0.3, 0.4) is 0 Å². The SMILES string of the molecule is Cc1ccc(C(=O)CCS(=O)(=O)N(C(C)C)C(C)C)cc1. The molecule has 21 heavy (non-hydrogen) atoms. The normalized spacial score (nSPS) is 12.4. The van der Waals surface area contributed by atoms with Crippen LogP contribution in [0.25, 0.3) is 0 Å². The molecule has 0 saturated carbocycles. The fraction of sp³-hybridized carbons (Fsp3) is 0.562. The van der Waals surface area contributed by atoms with Gasteiger partial charge in [-0.05, 0) is 34.6 Å². The van der Waals surface area contributed by atoms with Crippen molar-refractivity contribution in [3.8, 4) is 0 Å². The molecule has 1 aromatic carbocycles. The number of carbonyl (C=O) groups excluding carboxylic acids is 1. The highest BCUT2D eigenvalue weighted by Gasteiger charge is 2.28. The predicted octanol–water partition coefficient (Wildman–Crippen LogP) is 3.02. The minimum Gasteiger partial charge on any atom is -0.294 e. The molecule has 4 nitrogen and oxygen atoms in total. The van der Waals surface area contributed by atoms with Crippen molar-refractivity contribution in [2.24, 2.45) is 0 Å². The summed E-state index contributed by atoms with van der Waals surface area (Å²) < 4.78 is 26.2. The molecule has 0 unspecified atom stereocenters. The van der Waals surface area contributed by atoms with E-state index in [4.69, 9.17) is 0 Å². The van der Waals surface area contributed by atoms with Gasteiger partial charge >= 0.3 is 0 Å². The van der Waals surface area contributed by atoms with Crippen LogP contribution in [-0.2, 0) is 10.0 Å². The minimum atomic E-state index is -3.42. The Hall–Kier alpha value is -1.20. The van der Waals surface area contributed by atoms with Crippen molar-refractivity contribution < 1.29 is 13.2 Å². The van der Waals surface area contributed by atoms with Gasteiger partial charge in [0.1, 0.15) is 0 Å². The van der Waals surface area contributed by atoms with Gasteiger partial charge in [0, 0.05) is 24.1 Å². The molecule has 0 fully saturated rings. The van der Waals surface area contributed by atoms with E-state index < -0.39 is 10.0 Å². The van der Waals surface area contributed by atoms with E-state index in [1.165, 1.54) is 4.31 Å². The van der Waals surface area contributed by atoms with Gasteiger partial charge < -0.3 is 0 Å². The lowest BCUT2D eigenvalue weighted by atomic mass is 10.1. The van der Waals surface area contributed by atoms with E-state index in [1.54, 1.807) is 12.1 Å². The van der Waals surface area contributed by atoms with Crippen molar-refractivity contribution in [1.29, 1.82) is 0 Å². The summed E-state index contributed by atoms with van der Waals surface area (Å²) in [6.07, 6.45) is 0.0152. The molecular formula is C16H25NO3S. The summed E-state index contributed by atoms with van der Waals surface area (Å²) in [6.45, 7) is 9.33. The number of Topliss-reactive ketones (excluding diaryl/α,β-unsaturated/α-hetero) is 1. The quantitative estimate of drug-likeness (QED) is 0.727. The summed E-state index contributed by atoms with van der Waals surface area (Å²) in [5.41, 5.74) is 1.64. The molecule has 0 aromatic heterocycles. The summed E-state index contributed by atoms with van der Waals surface area (Å²) in [5, 5.41) is 0. The van der Waals surface area contributed by atoms with Crippen molar-refractivity contribution in [1.82, 2.24) is 4.31 Å². The van der Waals surface area contributed by atoms with Crippen LogP contribution in [0.1, 0.15) is 50.0 Å². The Balaban J connectivity index is 2.77. The number of benzene rings is 1. The second-order valence-electron chi connectivity index (χ2n) is 5.87. The maximum Gasteiger partial charge on any atom is 0.215 e. The predicted molar refractivity (Wildman–Crippen MR) is 86.0 cm³/mol. The summed E-state index contributed by atoms with van der Waals surface area (Å²) in [4.78, 5) is 12.1. The maximum absolute atomic E-state index is 12.4. The van der Waals surface area contributed by atoms with Crippen molar-refractivity contribution in [3.63, 3.8) is 0 Å². The molecule has 0 bridgehead atoms. The minimum absolute atomic E-state index is 0.0152. The second kappa shape index (κ2) is 7.18. The number of ketones is 1. The van der Waals surface area contributed by atoms with Crippen molar-refractivity contribution in [2.45, 2.75) is 53.1 Å². The molecule has 0 amide bonds. The van der Waals surface area contributed by atoms with Crippen LogP contribution in [0.4, 0.5) is 0 Å². The zero-order chi connectivity index (χ0) is 16.2. The number of aryl methyl sites for hydroxylation is 1. The standard InChI is InChI=1S/C16H25NO3S/c1-12(2)17(13(3)4)21(19,20)11-10-16(18)15-8-6-14(5)7-9-15/h6-9,12-13H,10-11H2,1-5H3. The Labute approximate surface area is 128 Å². The van der Waals surface area contributed by atoms with Crippen LogP contribution in [0.15, 0.2) is 24.3 Å². The van der Waals surface area contributed by atoms with Crippen molar-refractivity contribution in [3.05, 3.63) is 35.4 Å². The van der Waals surface area contributed by atoms with Crippen LogP contribution in [0, 0.1) is 6.92 Å². The number of sulfonamides is 1. The van der Waals surface area contributed by atoms with E-state index in [1.807, 2.05) is 46.8 Å². The summed E-state index contributed by atoms with van der Waals surface area (Å²) in [6, 6.07) is 6.99. The first-order chi connectivity index (χ1) is 9.65. The molecule has 0 heterocycles. The number of hydrogen-bond acceptors (Lipinski definition) is 3. The third kappa shape index (κ3) is 4.93. The highest BCUT2D eigenvalue weighted by atomic mass is 32.2. The molecule has 1 aromatic rings. The highest BCUT2D eigenvalue weighted by Crippen LogP contribution is 2.15. The first kappa shape index (κ1) is 17.9. The van der Waals surface area contributed by atoms with Crippen LogP contribution >= 0.6 is 0 Å². The molecule has 1 rings (SSSR count). The summed E-state index contributed by atoms with van der Waals surface area (Å²) >= 11 is 0. The Morgan fingerprint density at radius 1 is 1.05 bits per heavy atom. The van der Waals surface area contributed by atoms with Crippen LogP contribution in [-0.4, -0.2) is 36.3 Å². The highest BCUT2D eigenvalue weighted by molar-refractivity contribution is 7.89. The van der Waals surface area contributed by atoms with E-state index in [-0.39, 0.29) is 30.0 Å². The molecule has 0 aliphatic heterocycles. The van der Waals surface area contributed by atoms with Gasteiger partial charge in [0.15, 0.2) is 5.78 Å². The zero-order valence-corrected chi connectivity index (χ0v) is 14.3. The lowest BCUT2D eigenvalue weighted by molar-refractivity contribution is 0.0988. The number of hydrogen-bond donors (Lipinski definition) is 0. The van der Waals surface area contributed by atoms with E-state index in [0.29, 0.717) is 5.56 Å². The Bertz CT molecular complexity index is 566. The van der Waals surface area contributed by atoms with E-state index >= 15 is 0 Å². The monoisotopic (exact) mass is 311 g/mol. The average molecular weight is 311 g/mol. The third-order valence-electron chi connectivity index (χ3n) is 3.30. The first-order valence-corrected chi connectivity index (χ1v) is 8.87. The van der Waals surface area contributed by atoms with E-state index in [0.717, 1.165) is 5.56 Å². The van der Waals surface area contributed by atoms with Crippen LogP contribution in [0.2, 0.25) is 0 Å². The Morgan fingerprint density at radius 3 is 1.95 bits per heavy atom. The smallest absolute Gasteiger partial charge is 0.215 e. The molecule has 0 radical (unpaired) electrons. The molecular weight excluding hydrogens is 286 g/mol. The maximum atomic E-state index is 12.4. The van der Waals surface area contributed by atoms with Gasteiger partial charge in [-0.1, -0.05) is 29.8 Å². The number of carbonyl (C=O) groups is 1. The van der Waals surface area contributed by atoms with Gasteiger partial charge in [0.05, 0.1) is 5.75 Å². The molecule has 0 saturated heterocycles. The number of rotatable bonds is 7. The topological polar surface area (TPSA) is 54.5 Å². The molecule has 118 valence electrons. The molecule has 5 heteroatoms. The lowest BCUT2D eigenvalue weighted by Crippen LogP contribution is -2.43. The van der Waals surface area contributed by atoms with Gasteiger partial charge in [-0.3, -0.25) is 4.79 Å². The fourth-order valence-corrected chi connectivity index (χ4v) is 4.39. The van der Waals surface area contributed by atoms with Gasteiger partial charge in [0.2, 0.25) is 10.0 Å². The molecule has 0 atom stereocenters. The van der Waals surface area contributed by atoms with Gasteiger partial charge in [-0.15, -0.1) is 0 Å². The molecule has 0 spiro atoms. The van der Waals surface area contributed by atoms with Crippen molar-refractivity contribution in [2.75, 3.05) is 5.75 Å².